The van der Waals surface area contributed by atoms with Crippen LogP contribution in [0.4, 0.5) is 4.39 Å². The first kappa shape index (κ1) is 12.0. The predicted molar refractivity (Wildman–Crippen MR) is 63.0 cm³/mol. The monoisotopic (exact) mass is 237 g/mol. The average molecular weight is 237 g/mol. The molecule has 2 rings (SSSR count). The van der Waals surface area contributed by atoms with E-state index in [9.17, 15) is 9.18 Å². The van der Waals surface area contributed by atoms with Gasteiger partial charge in [0, 0.05) is 6.54 Å². The van der Waals surface area contributed by atoms with Gasteiger partial charge in [0.25, 0.3) is 0 Å². The van der Waals surface area contributed by atoms with Crippen molar-refractivity contribution in [2.75, 3.05) is 26.2 Å². The highest BCUT2D eigenvalue weighted by Crippen LogP contribution is 2.18. The molecule has 1 aromatic carbocycles. The third-order valence-corrected chi connectivity index (χ3v) is 2.96. The SMILES string of the molecule is O=Cc1cc(F)ccc1OCCN1CCCC1. The lowest BCUT2D eigenvalue weighted by molar-refractivity contribution is 0.111. The topological polar surface area (TPSA) is 29.5 Å². The molecule has 0 unspecified atom stereocenters. The zero-order chi connectivity index (χ0) is 12.1. The second kappa shape index (κ2) is 5.77. The lowest BCUT2D eigenvalue weighted by Gasteiger charge is -2.15. The molecule has 0 atom stereocenters. The van der Waals surface area contributed by atoms with Crippen LogP contribution in [-0.2, 0) is 0 Å². The Morgan fingerprint density at radius 3 is 2.82 bits per heavy atom. The van der Waals surface area contributed by atoms with Gasteiger partial charge >= 0.3 is 0 Å². The molecule has 3 nitrogen and oxygen atoms in total. The normalized spacial score (nSPS) is 16.1. The van der Waals surface area contributed by atoms with Gasteiger partial charge in [-0.3, -0.25) is 9.69 Å². The predicted octanol–water partition coefficient (Wildman–Crippen LogP) is 2.11. The van der Waals surface area contributed by atoms with Gasteiger partial charge in [-0.1, -0.05) is 0 Å². The van der Waals surface area contributed by atoms with Gasteiger partial charge in [0.05, 0.1) is 5.56 Å². The van der Waals surface area contributed by atoms with Crippen LogP contribution in [0.15, 0.2) is 18.2 Å². The number of hydrogen-bond donors (Lipinski definition) is 0. The Bertz CT molecular complexity index is 389. The quantitative estimate of drug-likeness (QED) is 0.735. The van der Waals surface area contributed by atoms with Gasteiger partial charge < -0.3 is 4.74 Å². The van der Waals surface area contributed by atoms with E-state index in [1.807, 2.05) is 0 Å². The van der Waals surface area contributed by atoms with Crippen LogP contribution in [0.5, 0.6) is 5.75 Å². The van der Waals surface area contributed by atoms with Crippen molar-refractivity contribution in [3.05, 3.63) is 29.6 Å². The molecule has 1 aliphatic heterocycles. The molecule has 1 heterocycles. The van der Waals surface area contributed by atoms with E-state index >= 15 is 0 Å². The van der Waals surface area contributed by atoms with Crippen LogP contribution in [0.1, 0.15) is 23.2 Å². The summed E-state index contributed by atoms with van der Waals surface area (Å²) in [6.45, 7) is 3.63. The van der Waals surface area contributed by atoms with E-state index in [0.717, 1.165) is 19.6 Å². The molecule has 0 aromatic heterocycles. The maximum absolute atomic E-state index is 12.9. The summed E-state index contributed by atoms with van der Waals surface area (Å²) in [7, 11) is 0. The highest BCUT2D eigenvalue weighted by molar-refractivity contribution is 5.79. The van der Waals surface area contributed by atoms with Crippen LogP contribution in [0.25, 0.3) is 0 Å². The third-order valence-electron chi connectivity index (χ3n) is 2.96. The van der Waals surface area contributed by atoms with Crippen molar-refractivity contribution in [2.24, 2.45) is 0 Å². The van der Waals surface area contributed by atoms with E-state index in [1.54, 1.807) is 0 Å². The van der Waals surface area contributed by atoms with Crippen LogP contribution in [0.2, 0.25) is 0 Å². The molecule has 0 bridgehead atoms. The zero-order valence-electron chi connectivity index (χ0n) is 9.69. The van der Waals surface area contributed by atoms with E-state index in [1.165, 1.54) is 31.0 Å². The molecule has 0 aliphatic carbocycles. The lowest BCUT2D eigenvalue weighted by Crippen LogP contribution is -2.25. The third kappa shape index (κ3) is 3.27. The molecular formula is C13H16FNO2. The number of halogens is 1. The van der Waals surface area contributed by atoms with Gasteiger partial charge in [-0.25, -0.2) is 4.39 Å². The fourth-order valence-electron chi connectivity index (χ4n) is 2.03. The van der Waals surface area contributed by atoms with Crippen molar-refractivity contribution >= 4 is 6.29 Å². The van der Waals surface area contributed by atoms with Crippen molar-refractivity contribution in [3.63, 3.8) is 0 Å². The molecule has 0 amide bonds. The Balaban J connectivity index is 1.87. The number of ether oxygens (including phenoxy) is 1. The number of carbonyl (C=O) groups excluding carboxylic acids is 1. The molecule has 92 valence electrons. The van der Waals surface area contributed by atoms with Gasteiger partial charge in [-0.2, -0.15) is 0 Å². The van der Waals surface area contributed by atoms with Crippen molar-refractivity contribution in [3.8, 4) is 5.75 Å². The van der Waals surface area contributed by atoms with Crippen LogP contribution in [-0.4, -0.2) is 37.4 Å². The van der Waals surface area contributed by atoms with Crippen molar-refractivity contribution < 1.29 is 13.9 Å². The van der Waals surface area contributed by atoms with Crippen molar-refractivity contribution in [2.45, 2.75) is 12.8 Å². The van der Waals surface area contributed by atoms with E-state index in [4.69, 9.17) is 4.74 Å². The van der Waals surface area contributed by atoms with Crippen molar-refractivity contribution in [1.29, 1.82) is 0 Å². The van der Waals surface area contributed by atoms with Gasteiger partial charge in [0.2, 0.25) is 0 Å². The number of hydrogen-bond acceptors (Lipinski definition) is 3. The van der Waals surface area contributed by atoms with E-state index < -0.39 is 5.82 Å². The van der Waals surface area contributed by atoms with E-state index in [0.29, 0.717) is 18.6 Å². The summed E-state index contributed by atoms with van der Waals surface area (Å²) in [5.41, 5.74) is 0.270. The minimum absolute atomic E-state index is 0.270. The standard InChI is InChI=1S/C13H16FNO2/c14-12-3-4-13(11(9-12)10-16)17-8-7-15-5-1-2-6-15/h3-4,9-10H,1-2,5-8H2. The first-order valence-electron chi connectivity index (χ1n) is 5.89. The van der Waals surface area contributed by atoms with E-state index in [2.05, 4.69) is 4.90 Å². The minimum atomic E-state index is -0.418. The fraction of sp³-hybridized carbons (Fsp3) is 0.462. The van der Waals surface area contributed by atoms with Crippen LogP contribution in [0, 0.1) is 5.82 Å². The summed E-state index contributed by atoms with van der Waals surface area (Å²) < 4.78 is 18.4. The van der Waals surface area contributed by atoms with Gasteiger partial charge in [0.15, 0.2) is 6.29 Å². The number of aldehydes is 1. The minimum Gasteiger partial charge on any atom is -0.492 e. The Morgan fingerprint density at radius 1 is 1.35 bits per heavy atom. The Labute approximate surface area is 100 Å². The second-order valence-corrected chi connectivity index (χ2v) is 4.20. The summed E-state index contributed by atoms with van der Waals surface area (Å²) in [5, 5.41) is 0. The summed E-state index contributed by atoms with van der Waals surface area (Å²) in [4.78, 5) is 13.1. The first-order chi connectivity index (χ1) is 8.29. The lowest BCUT2D eigenvalue weighted by atomic mass is 10.2. The molecule has 0 N–H and O–H groups in total. The second-order valence-electron chi connectivity index (χ2n) is 4.20. The largest absolute Gasteiger partial charge is 0.492 e. The molecule has 4 heteroatoms. The zero-order valence-corrected chi connectivity index (χ0v) is 9.69. The van der Waals surface area contributed by atoms with Crippen LogP contribution < -0.4 is 4.74 Å². The van der Waals surface area contributed by atoms with Gasteiger partial charge in [-0.15, -0.1) is 0 Å². The molecule has 1 aliphatic rings. The number of nitrogens with zero attached hydrogens (tertiary/aromatic N) is 1. The smallest absolute Gasteiger partial charge is 0.153 e. The molecule has 1 fully saturated rings. The number of likely N-dealkylation sites (tertiary alicyclic amines) is 1. The summed E-state index contributed by atoms with van der Waals surface area (Å²) in [5.74, 6) is 0.0413. The van der Waals surface area contributed by atoms with Crippen molar-refractivity contribution in [1.82, 2.24) is 4.90 Å². The summed E-state index contributed by atoms with van der Waals surface area (Å²) in [6.07, 6.45) is 3.11. The van der Waals surface area contributed by atoms with Gasteiger partial charge in [0.1, 0.15) is 18.2 Å². The Hall–Kier alpha value is -1.42. The number of carbonyl (C=O) groups is 1. The molecule has 0 spiro atoms. The summed E-state index contributed by atoms with van der Waals surface area (Å²) in [6, 6.07) is 4.00. The van der Waals surface area contributed by atoms with Gasteiger partial charge in [-0.05, 0) is 44.1 Å². The van der Waals surface area contributed by atoms with E-state index in [-0.39, 0.29) is 5.56 Å². The Morgan fingerprint density at radius 2 is 2.12 bits per heavy atom. The molecule has 0 radical (unpaired) electrons. The highest BCUT2D eigenvalue weighted by atomic mass is 19.1. The number of rotatable bonds is 5. The molecule has 1 aromatic rings. The maximum atomic E-state index is 12.9. The molecular weight excluding hydrogens is 221 g/mol. The highest BCUT2D eigenvalue weighted by Gasteiger charge is 2.11. The molecule has 17 heavy (non-hydrogen) atoms. The fourth-order valence-corrected chi connectivity index (χ4v) is 2.03. The average Bonchev–Trinajstić information content (AvgIpc) is 2.84. The summed E-state index contributed by atoms with van der Waals surface area (Å²) >= 11 is 0. The molecule has 1 saturated heterocycles. The maximum Gasteiger partial charge on any atom is 0.153 e. The molecule has 0 saturated carbocycles. The van der Waals surface area contributed by atoms with Crippen LogP contribution in [0.3, 0.4) is 0 Å². The Kier molecular flexibility index (Phi) is 4.09. The van der Waals surface area contributed by atoms with Crippen LogP contribution >= 0.6 is 0 Å². The first-order valence-corrected chi connectivity index (χ1v) is 5.89. The number of benzene rings is 1.